The van der Waals surface area contributed by atoms with Crippen LogP contribution in [-0.2, 0) is 28.5 Å². The standard InChI is InChI=1S/C22H37N3O9/c1-21(2,3)33-19(28)24-18(25-20(29)34-22(4,5)6)23-10-12-32-17(27)14(13-16(26)30-7)15-9-8-11-31-15/h8-9,14-15,17,27H,10-13H2,1-7H3,(H2,23,24,25,28,29). The molecule has 0 aromatic rings. The number of guanidine groups is 1. The molecule has 0 fully saturated rings. The highest BCUT2D eigenvalue weighted by atomic mass is 16.6. The third kappa shape index (κ3) is 12.5. The molecule has 12 heteroatoms. The lowest BCUT2D eigenvalue weighted by Crippen LogP contribution is -2.47. The maximum absolute atomic E-state index is 12.1. The van der Waals surface area contributed by atoms with Gasteiger partial charge in [-0.3, -0.25) is 15.4 Å². The quantitative estimate of drug-likeness (QED) is 0.0885. The fourth-order valence-corrected chi connectivity index (χ4v) is 2.70. The van der Waals surface area contributed by atoms with Crippen molar-refractivity contribution < 1.29 is 43.2 Å². The molecular weight excluding hydrogens is 450 g/mol. The van der Waals surface area contributed by atoms with E-state index in [1.54, 1.807) is 53.7 Å². The predicted molar refractivity (Wildman–Crippen MR) is 122 cm³/mol. The van der Waals surface area contributed by atoms with Crippen molar-refractivity contribution in [3.8, 4) is 0 Å². The number of nitrogens with zero attached hydrogens (tertiary/aromatic N) is 1. The predicted octanol–water partition coefficient (Wildman–Crippen LogP) is 1.86. The number of hydrogen-bond donors (Lipinski definition) is 3. The molecule has 1 aliphatic rings. The average molecular weight is 488 g/mol. The summed E-state index contributed by atoms with van der Waals surface area (Å²) in [6, 6.07) is 0. The zero-order valence-electron chi connectivity index (χ0n) is 20.9. The minimum atomic E-state index is -1.34. The molecule has 0 radical (unpaired) electrons. The van der Waals surface area contributed by atoms with Gasteiger partial charge in [-0.2, -0.15) is 0 Å². The highest BCUT2D eigenvalue weighted by molar-refractivity contribution is 6.01. The van der Waals surface area contributed by atoms with Gasteiger partial charge in [-0.1, -0.05) is 12.2 Å². The molecule has 0 bridgehead atoms. The van der Waals surface area contributed by atoms with Crippen LogP contribution < -0.4 is 10.6 Å². The zero-order chi connectivity index (χ0) is 25.9. The lowest BCUT2D eigenvalue weighted by molar-refractivity contribution is -0.168. The molecule has 3 unspecified atom stereocenters. The fourth-order valence-electron chi connectivity index (χ4n) is 2.70. The summed E-state index contributed by atoms with van der Waals surface area (Å²) in [4.78, 5) is 40.0. The molecule has 12 nitrogen and oxygen atoms in total. The van der Waals surface area contributed by atoms with Crippen LogP contribution in [0.1, 0.15) is 48.0 Å². The Labute approximate surface area is 200 Å². The molecular formula is C22H37N3O9. The van der Waals surface area contributed by atoms with E-state index in [1.807, 2.05) is 0 Å². The molecule has 1 aliphatic heterocycles. The Bertz CT molecular complexity index is 722. The molecule has 3 N–H and O–H groups in total. The van der Waals surface area contributed by atoms with Crippen LogP contribution in [0.5, 0.6) is 0 Å². The Morgan fingerprint density at radius 3 is 2.09 bits per heavy atom. The maximum Gasteiger partial charge on any atom is 0.414 e. The number of amides is 2. The number of ether oxygens (including phenoxy) is 5. The van der Waals surface area contributed by atoms with Gasteiger partial charge in [-0.05, 0) is 41.5 Å². The highest BCUT2D eigenvalue weighted by Crippen LogP contribution is 2.23. The van der Waals surface area contributed by atoms with Gasteiger partial charge in [0.1, 0.15) is 11.2 Å². The Kier molecular flexibility index (Phi) is 11.4. The van der Waals surface area contributed by atoms with E-state index in [0.29, 0.717) is 6.61 Å². The minimum absolute atomic E-state index is 0.0513. The molecule has 0 aliphatic carbocycles. The van der Waals surface area contributed by atoms with E-state index in [4.69, 9.17) is 18.9 Å². The molecule has 0 spiro atoms. The Balaban J connectivity index is 2.76. The fraction of sp³-hybridized carbons (Fsp3) is 0.727. The van der Waals surface area contributed by atoms with Crippen LogP contribution in [0, 0.1) is 5.92 Å². The van der Waals surface area contributed by atoms with Gasteiger partial charge < -0.3 is 28.8 Å². The summed E-state index contributed by atoms with van der Waals surface area (Å²) in [5, 5.41) is 15.1. The summed E-state index contributed by atoms with van der Waals surface area (Å²) in [7, 11) is 1.25. The second kappa shape index (κ2) is 13.3. The van der Waals surface area contributed by atoms with Crippen molar-refractivity contribution in [3.05, 3.63) is 12.2 Å². The Hall–Kier alpha value is -2.70. The molecule has 0 saturated heterocycles. The van der Waals surface area contributed by atoms with Crippen LogP contribution >= 0.6 is 0 Å². The summed E-state index contributed by atoms with van der Waals surface area (Å²) >= 11 is 0. The molecule has 2 amide bonds. The second-order valence-corrected chi connectivity index (χ2v) is 9.42. The van der Waals surface area contributed by atoms with Gasteiger partial charge in [-0.15, -0.1) is 0 Å². The minimum Gasteiger partial charge on any atom is -0.469 e. The van der Waals surface area contributed by atoms with Gasteiger partial charge >= 0.3 is 18.2 Å². The number of alkyl carbamates (subject to hydrolysis) is 2. The van der Waals surface area contributed by atoms with Crippen molar-refractivity contribution in [3.63, 3.8) is 0 Å². The first-order chi connectivity index (χ1) is 15.7. The van der Waals surface area contributed by atoms with Crippen molar-refractivity contribution in [1.29, 1.82) is 0 Å². The summed E-state index contributed by atoms with van der Waals surface area (Å²) in [6.07, 6.45) is -0.0895. The van der Waals surface area contributed by atoms with Gasteiger partial charge in [0, 0.05) is 0 Å². The van der Waals surface area contributed by atoms with Gasteiger partial charge in [0.25, 0.3) is 0 Å². The van der Waals surface area contributed by atoms with E-state index in [2.05, 4.69) is 20.4 Å². The first-order valence-corrected chi connectivity index (χ1v) is 10.9. The number of carbonyl (C=O) groups is 3. The van der Waals surface area contributed by atoms with E-state index in [9.17, 15) is 19.5 Å². The van der Waals surface area contributed by atoms with Gasteiger partial charge in [0.05, 0.1) is 45.3 Å². The first-order valence-electron chi connectivity index (χ1n) is 10.9. The second-order valence-electron chi connectivity index (χ2n) is 9.42. The van der Waals surface area contributed by atoms with Gasteiger partial charge in [0.2, 0.25) is 5.96 Å². The molecule has 1 heterocycles. The zero-order valence-corrected chi connectivity index (χ0v) is 20.9. The smallest absolute Gasteiger partial charge is 0.414 e. The number of nitrogens with one attached hydrogen (secondary N) is 2. The topological polar surface area (TPSA) is 154 Å². The van der Waals surface area contributed by atoms with E-state index >= 15 is 0 Å². The molecule has 0 saturated carbocycles. The molecule has 194 valence electrons. The third-order valence-electron chi connectivity index (χ3n) is 4.02. The van der Waals surface area contributed by atoms with Crippen molar-refractivity contribution in [2.75, 3.05) is 26.9 Å². The summed E-state index contributed by atoms with van der Waals surface area (Å²) in [5.41, 5.74) is -1.53. The molecule has 0 aromatic heterocycles. The summed E-state index contributed by atoms with van der Waals surface area (Å²) in [5.74, 6) is -1.41. The lowest BCUT2D eigenvalue weighted by atomic mass is 9.98. The normalized spacial score (nSPS) is 17.4. The van der Waals surface area contributed by atoms with Gasteiger partial charge in [0.15, 0.2) is 6.29 Å². The number of aliphatic hydroxyl groups excluding tert-OH is 1. The van der Waals surface area contributed by atoms with Crippen LogP contribution in [0.15, 0.2) is 17.1 Å². The SMILES string of the molecule is COC(=O)CC(C(O)OCCN=C(NC(=O)OC(C)(C)C)NC(=O)OC(C)(C)C)C1C=CCO1. The number of aliphatic hydroxyl groups is 1. The highest BCUT2D eigenvalue weighted by Gasteiger charge is 2.32. The van der Waals surface area contributed by atoms with Crippen molar-refractivity contribution in [2.24, 2.45) is 10.9 Å². The maximum atomic E-state index is 12.1. The van der Waals surface area contributed by atoms with Crippen molar-refractivity contribution in [2.45, 2.75) is 71.6 Å². The van der Waals surface area contributed by atoms with Crippen LogP contribution in [0.3, 0.4) is 0 Å². The van der Waals surface area contributed by atoms with Crippen LogP contribution in [0.4, 0.5) is 9.59 Å². The Morgan fingerprint density at radius 1 is 1.09 bits per heavy atom. The molecule has 0 aromatic carbocycles. The third-order valence-corrected chi connectivity index (χ3v) is 4.02. The van der Waals surface area contributed by atoms with Crippen LogP contribution in [0.2, 0.25) is 0 Å². The van der Waals surface area contributed by atoms with E-state index in [1.165, 1.54) is 7.11 Å². The lowest BCUT2D eigenvalue weighted by Gasteiger charge is -2.26. The monoisotopic (exact) mass is 487 g/mol. The average Bonchev–Trinajstić information content (AvgIpc) is 3.20. The number of aliphatic imine (C=N–C) groups is 1. The molecule has 1 rings (SSSR count). The largest absolute Gasteiger partial charge is 0.469 e. The summed E-state index contributed by atoms with van der Waals surface area (Å²) in [6.45, 7) is 10.4. The van der Waals surface area contributed by atoms with E-state index in [0.717, 1.165) is 0 Å². The van der Waals surface area contributed by atoms with E-state index in [-0.39, 0.29) is 25.5 Å². The number of methoxy groups -OCH3 is 1. The number of rotatable bonds is 8. The van der Waals surface area contributed by atoms with E-state index < -0.39 is 47.7 Å². The number of hydrogen-bond acceptors (Lipinski definition) is 10. The van der Waals surface area contributed by atoms with Gasteiger partial charge in [-0.25, -0.2) is 14.6 Å². The van der Waals surface area contributed by atoms with Crippen molar-refractivity contribution in [1.82, 2.24) is 10.6 Å². The first kappa shape index (κ1) is 29.3. The van der Waals surface area contributed by atoms with Crippen LogP contribution in [0.25, 0.3) is 0 Å². The summed E-state index contributed by atoms with van der Waals surface area (Å²) < 4.78 is 25.9. The Morgan fingerprint density at radius 2 is 1.65 bits per heavy atom. The van der Waals surface area contributed by atoms with Crippen molar-refractivity contribution >= 4 is 24.1 Å². The number of esters is 1. The molecule has 34 heavy (non-hydrogen) atoms. The number of carbonyl (C=O) groups excluding carboxylic acids is 3. The van der Waals surface area contributed by atoms with Crippen LogP contribution in [-0.4, -0.2) is 79.7 Å². The molecule has 3 atom stereocenters.